The second-order valence-electron chi connectivity index (χ2n) is 5.04. The highest BCUT2D eigenvalue weighted by atomic mass is 16.5. The van der Waals surface area contributed by atoms with Gasteiger partial charge in [-0.2, -0.15) is 0 Å². The molecule has 0 amide bonds. The molecule has 0 saturated heterocycles. The van der Waals surface area contributed by atoms with Crippen LogP contribution < -0.4 is 4.74 Å². The van der Waals surface area contributed by atoms with Gasteiger partial charge in [-0.25, -0.2) is 0 Å². The quantitative estimate of drug-likeness (QED) is 0.850. The molecule has 0 aliphatic rings. The van der Waals surface area contributed by atoms with Crippen LogP contribution in [0.5, 0.6) is 5.75 Å². The number of aromatic nitrogens is 1. The van der Waals surface area contributed by atoms with E-state index in [4.69, 9.17) is 4.74 Å². The average Bonchev–Trinajstić information content (AvgIpc) is 2.49. The minimum Gasteiger partial charge on any atom is -0.493 e. The summed E-state index contributed by atoms with van der Waals surface area (Å²) in [5.74, 6) is 0.752. The molecule has 1 aromatic heterocycles. The molecule has 1 aromatic carbocycles. The summed E-state index contributed by atoms with van der Waals surface area (Å²) in [6.45, 7) is 3.83. The molecule has 0 aliphatic carbocycles. The van der Waals surface area contributed by atoms with Crippen molar-refractivity contribution in [1.82, 2.24) is 9.88 Å². The summed E-state index contributed by atoms with van der Waals surface area (Å²) in [5.41, 5.74) is 1.96. The van der Waals surface area contributed by atoms with Gasteiger partial charge in [0.2, 0.25) is 0 Å². The zero-order valence-corrected chi connectivity index (χ0v) is 12.6. The molecule has 4 heteroatoms. The van der Waals surface area contributed by atoms with Crippen molar-refractivity contribution in [2.45, 2.75) is 19.6 Å². The molecule has 21 heavy (non-hydrogen) atoms. The normalized spacial score (nSPS) is 12.4. The molecule has 0 saturated carbocycles. The maximum Gasteiger partial charge on any atom is 0.125 e. The molecule has 0 spiro atoms. The highest BCUT2D eigenvalue weighted by molar-refractivity contribution is 5.35. The van der Waals surface area contributed by atoms with Crippen molar-refractivity contribution in [2.24, 2.45) is 0 Å². The lowest BCUT2D eigenvalue weighted by molar-refractivity contribution is 0.120. The minimum atomic E-state index is -0.575. The van der Waals surface area contributed by atoms with Crippen molar-refractivity contribution in [3.05, 3.63) is 59.9 Å². The highest BCUT2D eigenvalue weighted by Gasteiger charge is 2.15. The second kappa shape index (κ2) is 7.76. The molecule has 0 radical (unpaired) electrons. The molecular weight excluding hydrogens is 264 g/mol. The molecule has 0 fully saturated rings. The van der Waals surface area contributed by atoms with Crippen LogP contribution in [0, 0.1) is 0 Å². The predicted octanol–water partition coefficient (Wildman–Crippen LogP) is 2.65. The van der Waals surface area contributed by atoms with E-state index in [0.717, 1.165) is 23.4 Å². The Balaban J connectivity index is 1.99. The van der Waals surface area contributed by atoms with Gasteiger partial charge in [0.15, 0.2) is 0 Å². The van der Waals surface area contributed by atoms with Crippen molar-refractivity contribution in [2.75, 3.05) is 20.2 Å². The first kappa shape index (κ1) is 15.5. The smallest absolute Gasteiger partial charge is 0.125 e. The van der Waals surface area contributed by atoms with E-state index in [-0.39, 0.29) is 0 Å². The summed E-state index contributed by atoms with van der Waals surface area (Å²) < 4.78 is 5.57. The van der Waals surface area contributed by atoms with Crippen LogP contribution >= 0.6 is 0 Å². The van der Waals surface area contributed by atoms with E-state index in [1.54, 1.807) is 6.20 Å². The van der Waals surface area contributed by atoms with Crippen LogP contribution in [0.2, 0.25) is 0 Å². The Morgan fingerprint density at radius 1 is 1.24 bits per heavy atom. The SMILES string of the molecule is CCOc1ccccc1C(O)CN(C)Cc1cccnc1. The Labute approximate surface area is 126 Å². The van der Waals surface area contributed by atoms with Gasteiger partial charge in [0, 0.05) is 31.0 Å². The van der Waals surface area contributed by atoms with Gasteiger partial charge in [0.25, 0.3) is 0 Å². The fraction of sp³-hybridized carbons (Fsp3) is 0.353. The van der Waals surface area contributed by atoms with Gasteiger partial charge in [-0.3, -0.25) is 9.88 Å². The molecule has 2 aromatic rings. The molecule has 1 heterocycles. The summed E-state index contributed by atoms with van der Waals surface area (Å²) in [7, 11) is 1.99. The zero-order chi connectivity index (χ0) is 15.1. The number of benzene rings is 1. The van der Waals surface area contributed by atoms with E-state index in [1.807, 2.05) is 56.6 Å². The van der Waals surface area contributed by atoms with Crippen molar-refractivity contribution >= 4 is 0 Å². The molecule has 1 N–H and O–H groups in total. The van der Waals surface area contributed by atoms with Crippen molar-refractivity contribution in [3.63, 3.8) is 0 Å². The number of para-hydroxylation sites is 1. The topological polar surface area (TPSA) is 45.6 Å². The van der Waals surface area contributed by atoms with E-state index in [0.29, 0.717) is 13.2 Å². The number of hydrogen-bond donors (Lipinski definition) is 1. The Hall–Kier alpha value is -1.91. The van der Waals surface area contributed by atoms with Gasteiger partial charge >= 0.3 is 0 Å². The summed E-state index contributed by atoms with van der Waals surface area (Å²) in [6.07, 6.45) is 3.03. The van der Waals surface area contributed by atoms with Crippen LogP contribution in [0.3, 0.4) is 0 Å². The van der Waals surface area contributed by atoms with E-state index >= 15 is 0 Å². The monoisotopic (exact) mass is 286 g/mol. The largest absolute Gasteiger partial charge is 0.493 e. The van der Waals surface area contributed by atoms with Gasteiger partial charge in [0.1, 0.15) is 5.75 Å². The third-order valence-corrected chi connectivity index (χ3v) is 3.24. The standard InChI is InChI=1S/C17H22N2O2/c1-3-21-17-9-5-4-8-15(17)16(20)13-19(2)12-14-7-6-10-18-11-14/h4-11,16,20H,3,12-13H2,1-2H3. The van der Waals surface area contributed by atoms with Crippen LogP contribution in [-0.4, -0.2) is 35.2 Å². The number of aliphatic hydroxyl groups is 1. The predicted molar refractivity (Wildman–Crippen MR) is 83.1 cm³/mol. The second-order valence-corrected chi connectivity index (χ2v) is 5.04. The summed E-state index contributed by atoms with van der Waals surface area (Å²) in [6, 6.07) is 11.6. The molecule has 112 valence electrons. The Bertz CT molecular complexity index is 545. The Morgan fingerprint density at radius 2 is 2.05 bits per heavy atom. The number of nitrogens with zero attached hydrogens (tertiary/aromatic N) is 2. The van der Waals surface area contributed by atoms with Crippen LogP contribution in [0.4, 0.5) is 0 Å². The number of hydrogen-bond acceptors (Lipinski definition) is 4. The number of aliphatic hydroxyl groups excluding tert-OH is 1. The van der Waals surface area contributed by atoms with E-state index < -0.39 is 6.10 Å². The van der Waals surface area contributed by atoms with Crippen LogP contribution in [0.1, 0.15) is 24.2 Å². The third kappa shape index (κ3) is 4.55. The molecule has 0 bridgehead atoms. The van der Waals surface area contributed by atoms with E-state index in [9.17, 15) is 5.11 Å². The maximum absolute atomic E-state index is 10.4. The summed E-state index contributed by atoms with van der Waals surface area (Å²) in [4.78, 5) is 6.18. The van der Waals surface area contributed by atoms with Gasteiger partial charge in [0.05, 0.1) is 12.7 Å². The maximum atomic E-state index is 10.4. The van der Waals surface area contributed by atoms with Crippen molar-refractivity contribution in [1.29, 1.82) is 0 Å². The van der Waals surface area contributed by atoms with Gasteiger partial charge < -0.3 is 9.84 Å². The fourth-order valence-electron chi connectivity index (χ4n) is 2.30. The first-order valence-electron chi connectivity index (χ1n) is 7.18. The molecule has 1 atom stereocenters. The van der Waals surface area contributed by atoms with Crippen LogP contribution in [0.25, 0.3) is 0 Å². The number of pyridine rings is 1. The minimum absolute atomic E-state index is 0.541. The average molecular weight is 286 g/mol. The third-order valence-electron chi connectivity index (χ3n) is 3.24. The fourth-order valence-corrected chi connectivity index (χ4v) is 2.30. The van der Waals surface area contributed by atoms with Crippen molar-refractivity contribution in [3.8, 4) is 5.75 Å². The van der Waals surface area contributed by atoms with Gasteiger partial charge in [-0.05, 0) is 31.7 Å². The number of ether oxygens (including phenoxy) is 1. The van der Waals surface area contributed by atoms with Gasteiger partial charge in [-0.15, -0.1) is 0 Å². The first-order valence-corrected chi connectivity index (χ1v) is 7.18. The van der Waals surface area contributed by atoms with Gasteiger partial charge in [-0.1, -0.05) is 24.3 Å². The highest BCUT2D eigenvalue weighted by Crippen LogP contribution is 2.25. The molecule has 0 aliphatic heterocycles. The van der Waals surface area contributed by atoms with Crippen molar-refractivity contribution < 1.29 is 9.84 Å². The molecule has 2 rings (SSSR count). The molecule has 4 nitrogen and oxygen atoms in total. The molecular formula is C17H22N2O2. The Morgan fingerprint density at radius 3 is 2.76 bits per heavy atom. The Kier molecular flexibility index (Phi) is 5.72. The van der Waals surface area contributed by atoms with Crippen LogP contribution in [-0.2, 0) is 6.54 Å². The van der Waals surface area contributed by atoms with E-state index in [2.05, 4.69) is 9.88 Å². The van der Waals surface area contributed by atoms with Crippen LogP contribution in [0.15, 0.2) is 48.8 Å². The van der Waals surface area contributed by atoms with E-state index in [1.165, 1.54) is 0 Å². The number of rotatable bonds is 7. The summed E-state index contributed by atoms with van der Waals surface area (Å²) >= 11 is 0. The first-order chi connectivity index (χ1) is 10.2. The number of likely N-dealkylation sites (N-methyl/N-ethyl adjacent to an activating group) is 1. The zero-order valence-electron chi connectivity index (χ0n) is 12.6. The lowest BCUT2D eigenvalue weighted by Gasteiger charge is -2.22. The lowest BCUT2D eigenvalue weighted by atomic mass is 10.1. The molecule has 1 unspecified atom stereocenters. The lowest BCUT2D eigenvalue weighted by Crippen LogP contribution is -2.24. The summed E-state index contributed by atoms with van der Waals surface area (Å²) in [5, 5.41) is 10.4.